The van der Waals surface area contributed by atoms with E-state index in [2.05, 4.69) is 48.5 Å². The lowest BCUT2D eigenvalue weighted by atomic mass is 9.98. The maximum Gasteiger partial charge on any atom is 0.0332 e. The molecular formula is C14H24N2S. The smallest absolute Gasteiger partial charge is 0.0332 e. The number of thiophene rings is 1. The Morgan fingerprint density at radius 3 is 2.94 bits per heavy atom. The summed E-state index contributed by atoms with van der Waals surface area (Å²) in [6, 6.07) is 5.76. The van der Waals surface area contributed by atoms with Gasteiger partial charge in [-0.25, -0.2) is 0 Å². The van der Waals surface area contributed by atoms with Gasteiger partial charge in [0.15, 0.2) is 0 Å². The van der Waals surface area contributed by atoms with Crippen LogP contribution >= 0.6 is 11.3 Å². The van der Waals surface area contributed by atoms with Gasteiger partial charge in [-0.15, -0.1) is 11.3 Å². The summed E-state index contributed by atoms with van der Waals surface area (Å²) in [4.78, 5) is 4.15. The van der Waals surface area contributed by atoms with Crippen LogP contribution in [0.5, 0.6) is 0 Å². The molecule has 2 nitrogen and oxygen atoms in total. The molecule has 2 rings (SSSR count). The molecule has 1 aromatic rings. The first-order chi connectivity index (χ1) is 8.20. The first-order valence-electron chi connectivity index (χ1n) is 6.70. The second kappa shape index (κ2) is 5.98. The van der Waals surface area contributed by atoms with Crippen molar-refractivity contribution in [2.75, 3.05) is 13.1 Å². The molecule has 2 heterocycles. The van der Waals surface area contributed by atoms with Crippen LogP contribution < -0.4 is 5.32 Å². The van der Waals surface area contributed by atoms with E-state index in [0.29, 0.717) is 12.1 Å². The third-order valence-corrected chi connectivity index (χ3v) is 4.64. The summed E-state index contributed by atoms with van der Waals surface area (Å²) in [5.74, 6) is 0.721. The van der Waals surface area contributed by atoms with Crippen LogP contribution in [0.25, 0.3) is 0 Å². The monoisotopic (exact) mass is 252 g/mol. The predicted octanol–water partition coefficient (Wildman–Crippen LogP) is 2.96. The van der Waals surface area contributed by atoms with Gasteiger partial charge in [0.25, 0.3) is 0 Å². The summed E-state index contributed by atoms with van der Waals surface area (Å²) < 4.78 is 0. The summed E-state index contributed by atoms with van der Waals surface area (Å²) in [5.41, 5.74) is 0. The minimum atomic E-state index is 0.651. The van der Waals surface area contributed by atoms with E-state index in [4.69, 9.17) is 0 Å². The van der Waals surface area contributed by atoms with Crippen molar-refractivity contribution in [3.05, 3.63) is 22.4 Å². The zero-order valence-corrected chi connectivity index (χ0v) is 12.0. The topological polar surface area (TPSA) is 15.3 Å². The summed E-state index contributed by atoms with van der Waals surface area (Å²) >= 11 is 1.88. The molecule has 0 spiro atoms. The van der Waals surface area contributed by atoms with Crippen molar-refractivity contribution in [2.24, 2.45) is 5.92 Å². The van der Waals surface area contributed by atoms with Crippen LogP contribution in [-0.2, 0) is 6.54 Å². The molecule has 96 valence electrons. The van der Waals surface area contributed by atoms with Gasteiger partial charge in [0.05, 0.1) is 0 Å². The highest BCUT2D eigenvalue weighted by Crippen LogP contribution is 2.20. The number of rotatable bonds is 4. The molecule has 2 atom stereocenters. The van der Waals surface area contributed by atoms with Crippen LogP contribution in [-0.4, -0.2) is 30.1 Å². The highest BCUT2D eigenvalue weighted by atomic mass is 32.1. The lowest BCUT2D eigenvalue weighted by molar-refractivity contribution is 0.104. The SMILES string of the molecule is CCC1CNC(C(C)C)CN1Cc1cccs1. The van der Waals surface area contributed by atoms with E-state index in [-0.39, 0.29) is 0 Å². The Kier molecular flexibility index (Phi) is 4.60. The fourth-order valence-corrected chi connectivity index (χ4v) is 3.26. The molecule has 1 saturated heterocycles. The van der Waals surface area contributed by atoms with Crippen LogP contribution in [0.4, 0.5) is 0 Å². The third kappa shape index (κ3) is 3.30. The molecule has 0 bridgehead atoms. The Labute approximate surface area is 109 Å². The van der Waals surface area contributed by atoms with Crippen molar-refractivity contribution < 1.29 is 0 Å². The molecule has 1 aliphatic rings. The van der Waals surface area contributed by atoms with Gasteiger partial charge in [-0.2, -0.15) is 0 Å². The normalized spacial score (nSPS) is 26.6. The molecule has 3 heteroatoms. The maximum absolute atomic E-state index is 3.69. The number of nitrogens with one attached hydrogen (secondary N) is 1. The molecule has 1 aromatic heterocycles. The van der Waals surface area contributed by atoms with E-state index in [0.717, 1.165) is 19.0 Å². The summed E-state index contributed by atoms with van der Waals surface area (Å²) in [7, 11) is 0. The molecule has 2 unspecified atom stereocenters. The molecule has 0 aliphatic carbocycles. The third-order valence-electron chi connectivity index (χ3n) is 3.78. The van der Waals surface area contributed by atoms with Crippen LogP contribution in [0.15, 0.2) is 17.5 Å². The van der Waals surface area contributed by atoms with Gasteiger partial charge in [0, 0.05) is 36.6 Å². The fourth-order valence-electron chi connectivity index (χ4n) is 2.53. The van der Waals surface area contributed by atoms with Crippen molar-refractivity contribution in [2.45, 2.75) is 45.8 Å². The molecule has 17 heavy (non-hydrogen) atoms. The zero-order valence-electron chi connectivity index (χ0n) is 11.1. The van der Waals surface area contributed by atoms with Gasteiger partial charge in [0.1, 0.15) is 0 Å². The highest BCUT2D eigenvalue weighted by Gasteiger charge is 2.28. The number of hydrogen-bond donors (Lipinski definition) is 1. The molecule has 0 amide bonds. The van der Waals surface area contributed by atoms with Gasteiger partial charge in [0.2, 0.25) is 0 Å². The Morgan fingerprint density at radius 2 is 2.35 bits per heavy atom. The quantitative estimate of drug-likeness (QED) is 0.886. The molecule has 0 aromatic carbocycles. The van der Waals surface area contributed by atoms with Gasteiger partial charge in [-0.1, -0.05) is 26.8 Å². The lowest BCUT2D eigenvalue weighted by Gasteiger charge is -2.41. The first kappa shape index (κ1) is 13.1. The molecule has 0 saturated carbocycles. The predicted molar refractivity (Wildman–Crippen MR) is 75.4 cm³/mol. The van der Waals surface area contributed by atoms with Crippen LogP contribution in [0.2, 0.25) is 0 Å². The molecule has 1 fully saturated rings. The van der Waals surface area contributed by atoms with Crippen LogP contribution in [0.3, 0.4) is 0 Å². The van der Waals surface area contributed by atoms with Crippen molar-refractivity contribution in [3.63, 3.8) is 0 Å². The Bertz CT molecular complexity index is 321. The summed E-state index contributed by atoms with van der Waals surface area (Å²) in [6.07, 6.45) is 1.24. The Hall–Kier alpha value is -0.380. The van der Waals surface area contributed by atoms with Crippen molar-refractivity contribution in [1.29, 1.82) is 0 Å². The maximum atomic E-state index is 3.69. The van der Waals surface area contributed by atoms with E-state index in [9.17, 15) is 0 Å². The number of nitrogens with zero attached hydrogens (tertiary/aromatic N) is 1. The van der Waals surface area contributed by atoms with E-state index in [1.807, 2.05) is 11.3 Å². The number of hydrogen-bond acceptors (Lipinski definition) is 3. The summed E-state index contributed by atoms with van der Waals surface area (Å²) in [5, 5.41) is 5.87. The standard InChI is InChI=1S/C14H24N2S/c1-4-12-8-15-14(11(2)3)10-16(12)9-13-6-5-7-17-13/h5-7,11-12,14-15H,4,8-10H2,1-3H3. The Balaban J connectivity index is 1.99. The fraction of sp³-hybridized carbons (Fsp3) is 0.714. The average molecular weight is 252 g/mol. The van der Waals surface area contributed by atoms with Crippen molar-refractivity contribution in [3.8, 4) is 0 Å². The number of piperazine rings is 1. The minimum Gasteiger partial charge on any atom is -0.311 e. The second-order valence-corrected chi connectivity index (χ2v) is 6.36. The minimum absolute atomic E-state index is 0.651. The summed E-state index contributed by atoms with van der Waals surface area (Å²) in [6.45, 7) is 10.4. The van der Waals surface area contributed by atoms with Gasteiger partial charge < -0.3 is 5.32 Å². The second-order valence-electron chi connectivity index (χ2n) is 5.33. The first-order valence-corrected chi connectivity index (χ1v) is 7.58. The molecule has 1 N–H and O–H groups in total. The van der Waals surface area contributed by atoms with Crippen molar-refractivity contribution >= 4 is 11.3 Å². The van der Waals surface area contributed by atoms with E-state index in [1.165, 1.54) is 17.8 Å². The van der Waals surface area contributed by atoms with E-state index < -0.39 is 0 Å². The van der Waals surface area contributed by atoms with Gasteiger partial charge >= 0.3 is 0 Å². The average Bonchev–Trinajstić information content (AvgIpc) is 2.81. The molecule has 0 radical (unpaired) electrons. The van der Waals surface area contributed by atoms with Crippen LogP contribution in [0, 0.1) is 5.92 Å². The van der Waals surface area contributed by atoms with Crippen LogP contribution in [0.1, 0.15) is 32.1 Å². The van der Waals surface area contributed by atoms with Gasteiger partial charge in [-0.3, -0.25) is 4.90 Å². The lowest BCUT2D eigenvalue weighted by Crippen LogP contribution is -2.57. The zero-order chi connectivity index (χ0) is 12.3. The largest absolute Gasteiger partial charge is 0.311 e. The molecular weight excluding hydrogens is 228 g/mol. The van der Waals surface area contributed by atoms with E-state index in [1.54, 1.807) is 0 Å². The van der Waals surface area contributed by atoms with Crippen molar-refractivity contribution in [1.82, 2.24) is 10.2 Å². The highest BCUT2D eigenvalue weighted by molar-refractivity contribution is 7.09. The van der Waals surface area contributed by atoms with Gasteiger partial charge in [-0.05, 0) is 23.8 Å². The molecule has 1 aliphatic heterocycles. The van der Waals surface area contributed by atoms with E-state index >= 15 is 0 Å². The Morgan fingerprint density at radius 1 is 1.53 bits per heavy atom.